The molecule has 1 saturated heterocycles. The highest BCUT2D eigenvalue weighted by atomic mass is 127. The van der Waals surface area contributed by atoms with E-state index in [4.69, 9.17) is 5.73 Å². The first-order valence-corrected chi connectivity index (χ1v) is 9.27. The molecule has 1 fully saturated rings. The second kappa shape index (κ2) is 8.13. The van der Waals surface area contributed by atoms with Crippen LogP contribution in [0.25, 0.3) is 0 Å². The summed E-state index contributed by atoms with van der Waals surface area (Å²) in [6.45, 7) is 3.45. The molecule has 0 aromatic carbocycles. The number of anilines is 1. The molecule has 1 aromatic heterocycles. The van der Waals surface area contributed by atoms with Crippen molar-refractivity contribution in [2.75, 3.05) is 49.6 Å². The summed E-state index contributed by atoms with van der Waals surface area (Å²) in [7, 11) is -2.99. The van der Waals surface area contributed by atoms with Crippen LogP contribution >= 0.6 is 35.3 Å². The largest absolute Gasteiger partial charge is 0.370 e. The van der Waals surface area contributed by atoms with E-state index in [1.807, 2.05) is 10.3 Å². The molecule has 0 saturated carbocycles. The molecule has 0 spiro atoms. The van der Waals surface area contributed by atoms with E-state index < -0.39 is 9.84 Å². The number of halogens is 1. The van der Waals surface area contributed by atoms with Gasteiger partial charge < -0.3 is 15.5 Å². The van der Waals surface area contributed by atoms with Gasteiger partial charge in [-0.2, -0.15) is 0 Å². The number of thiazole rings is 1. The third kappa shape index (κ3) is 5.94. The molecule has 0 atom stereocenters. The van der Waals surface area contributed by atoms with Crippen LogP contribution in [0.4, 0.5) is 5.13 Å². The van der Waals surface area contributed by atoms with E-state index in [0.29, 0.717) is 5.96 Å². The fraction of sp³-hybridized carbons (Fsp3) is 0.636. The van der Waals surface area contributed by atoms with Crippen molar-refractivity contribution in [1.29, 1.82) is 0 Å². The minimum atomic E-state index is -2.99. The molecule has 7 nitrogen and oxygen atoms in total. The second-order valence-electron chi connectivity index (χ2n) is 4.66. The number of guanidine groups is 1. The normalized spacial score (nSPS) is 16.7. The van der Waals surface area contributed by atoms with Gasteiger partial charge in [0, 0.05) is 44.0 Å². The lowest BCUT2D eigenvalue weighted by atomic mass is 10.3. The Morgan fingerprint density at radius 1 is 1.43 bits per heavy atom. The highest BCUT2D eigenvalue weighted by Crippen LogP contribution is 2.18. The second-order valence-corrected chi connectivity index (χ2v) is 7.79. The van der Waals surface area contributed by atoms with Gasteiger partial charge in [-0.05, 0) is 0 Å². The van der Waals surface area contributed by atoms with Crippen molar-refractivity contribution in [3.05, 3.63) is 11.6 Å². The van der Waals surface area contributed by atoms with Gasteiger partial charge in [-0.15, -0.1) is 35.3 Å². The average Bonchev–Trinajstić information content (AvgIpc) is 2.91. The highest BCUT2D eigenvalue weighted by Gasteiger charge is 2.19. The number of hydrogen-bond donors (Lipinski definition) is 1. The quantitative estimate of drug-likeness (QED) is 0.406. The Balaban J connectivity index is 0.00000220. The number of hydrogen-bond acceptors (Lipinski definition) is 6. The van der Waals surface area contributed by atoms with Gasteiger partial charge in [0.25, 0.3) is 0 Å². The molecule has 0 amide bonds. The van der Waals surface area contributed by atoms with E-state index >= 15 is 0 Å². The number of sulfone groups is 1. The maximum absolute atomic E-state index is 11.0. The summed E-state index contributed by atoms with van der Waals surface area (Å²) in [5, 5.41) is 2.99. The van der Waals surface area contributed by atoms with Crippen LogP contribution in [0.1, 0.15) is 0 Å². The van der Waals surface area contributed by atoms with Gasteiger partial charge in [-0.3, -0.25) is 4.99 Å². The van der Waals surface area contributed by atoms with Crippen molar-refractivity contribution in [2.45, 2.75) is 0 Å². The molecule has 1 aromatic rings. The van der Waals surface area contributed by atoms with Crippen molar-refractivity contribution < 1.29 is 8.42 Å². The zero-order chi connectivity index (χ0) is 14.6. The van der Waals surface area contributed by atoms with Crippen molar-refractivity contribution in [3.8, 4) is 0 Å². The molecule has 2 rings (SSSR count). The molecule has 1 aliphatic rings. The molecule has 120 valence electrons. The smallest absolute Gasteiger partial charge is 0.191 e. The summed E-state index contributed by atoms with van der Waals surface area (Å²) in [6.07, 6.45) is 3.00. The van der Waals surface area contributed by atoms with Crippen LogP contribution in [0.15, 0.2) is 16.6 Å². The summed E-state index contributed by atoms with van der Waals surface area (Å²) < 4.78 is 22.1. The van der Waals surface area contributed by atoms with E-state index in [0.717, 1.165) is 31.3 Å². The van der Waals surface area contributed by atoms with Gasteiger partial charge in [-0.1, -0.05) is 0 Å². The van der Waals surface area contributed by atoms with Gasteiger partial charge in [0.1, 0.15) is 9.84 Å². The van der Waals surface area contributed by atoms with Crippen molar-refractivity contribution in [3.63, 3.8) is 0 Å². The van der Waals surface area contributed by atoms with E-state index in [1.165, 1.54) is 6.26 Å². The first-order valence-electron chi connectivity index (χ1n) is 6.33. The summed E-state index contributed by atoms with van der Waals surface area (Å²) in [6, 6.07) is 0. The number of nitrogens with zero attached hydrogens (tertiary/aromatic N) is 4. The Labute approximate surface area is 146 Å². The Bertz CT molecular complexity index is 553. The molecular weight excluding hydrogens is 425 g/mol. The summed E-state index contributed by atoms with van der Waals surface area (Å²) in [4.78, 5) is 12.6. The number of aliphatic imine (C=N–C) groups is 1. The maximum Gasteiger partial charge on any atom is 0.191 e. The maximum atomic E-state index is 11.0. The minimum Gasteiger partial charge on any atom is -0.370 e. The average molecular weight is 445 g/mol. The van der Waals surface area contributed by atoms with Gasteiger partial charge in [0.15, 0.2) is 11.1 Å². The van der Waals surface area contributed by atoms with Gasteiger partial charge in [0.2, 0.25) is 0 Å². The molecule has 21 heavy (non-hydrogen) atoms. The van der Waals surface area contributed by atoms with E-state index in [1.54, 1.807) is 17.5 Å². The van der Waals surface area contributed by atoms with Crippen LogP contribution in [0.3, 0.4) is 0 Å². The van der Waals surface area contributed by atoms with Gasteiger partial charge in [-0.25, -0.2) is 13.4 Å². The Morgan fingerprint density at radius 3 is 2.62 bits per heavy atom. The topological polar surface area (TPSA) is 91.9 Å². The Morgan fingerprint density at radius 2 is 2.10 bits per heavy atom. The highest BCUT2D eigenvalue weighted by molar-refractivity contribution is 14.0. The third-order valence-corrected chi connectivity index (χ3v) is 4.79. The molecule has 0 unspecified atom stereocenters. The van der Waals surface area contributed by atoms with Crippen LogP contribution in [0.5, 0.6) is 0 Å². The third-order valence-electron chi connectivity index (χ3n) is 3.03. The van der Waals surface area contributed by atoms with Gasteiger partial charge >= 0.3 is 0 Å². The fourth-order valence-electron chi connectivity index (χ4n) is 1.92. The molecular formula is C11H20IN5O2S2. The summed E-state index contributed by atoms with van der Waals surface area (Å²) >= 11 is 1.62. The summed E-state index contributed by atoms with van der Waals surface area (Å²) in [5.74, 6) is 0.458. The lowest BCUT2D eigenvalue weighted by Crippen LogP contribution is -2.51. The van der Waals surface area contributed by atoms with E-state index in [9.17, 15) is 8.42 Å². The first kappa shape index (κ1) is 18.4. The van der Waals surface area contributed by atoms with Crippen molar-refractivity contribution >= 4 is 56.2 Å². The molecule has 2 N–H and O–H groups in total. The van der Waals surface area contributed by atoms with Crippen molar-refractivity contribution in [2.24, 2.45) is 10.7 Å². The van der Waals surface area contributed by atoms with E-state index in [-0.39, 0.29) is 36.3 Å². The van der Waals surface area contributed by atoms with Crippen molar-refractivity contribution in [1.82, 2.24) is 9.88 Å². The lowest BCUT2D eigenvalue weighted by Gasteiger charge is -2.35. The monoisotopic (exact) mass is 445 g/mol. The Kier molecular flexibility index (Phi) is 7.13. The molecule has 2 heterocycles. The van der Waals surface area contributed by atoms with E-state index in [2.05, 4.69) is 14.9 Å². The zero-order valence-electron chi connectivity index (χ0n) is 11.8. The fourth-order valence-corrected chi connectivity index (χ4v) is 3.04. The number of nitrogens with two attached hydrogens (primary N) is 1. The first-order chi connectivity index (χ1) is 9.46. The molecule has 1 aliphatic heterocycles. The van der Waals surface area contributed by atoms with Crippen LogP contribution in [0.2, 0.25) is 0 Å². The minimum absolute atomic E-state index is 0. The SMILES string of the molecule is CS(=O)(=O)CCN=C(N)N1CCN(c2nccs2)CC1.I. The lowest BCUT2D eigenvalue weighted by molar-refractivity contribution is 0.381. The molecule has 0 bridgehead atoms. The molecule has 0 aliphatic carbocycles. The Hall–Kier alpha value is -0.620. The van der Waals surface area contributed by atoms with Gasteiger partial charge in [0.05, 0.1) is 12.3 Å². The number of aromatic nitrogens is 1. The number of piperazine rings is 1. The standard InChI is InChI=1S/C11H19N5O2S2.HI/c1-20(17,18)9-3-13-10(12)15-4-6-16(7-5-15)11-14-2-8-19-11;/h2,8H,3-7,9H2,1H3,(H2,12,13);1H. The van der Waals surface area contributed by atoms with Crippen LogP contribution in [-0.2, 0) is 9.84 Å². The van der Waals surface area contributed by atoms with Crippen LogP contribution < -0.4 is 10.6 Å². The van der Waals surface area contributed by atoms with Crippen LogP contribution in [-0.4, -0.2) is 69.0 Å². The molecule has 0 radical (unpaired) electrons. The number of rotatable bonds is 4. The predicted octanol–water partition coefficient (Wildman–Crippen LogP) is 0.242. The molecule has 10 heteroatoms. The summed E-state index contributed by atoms with van der Waals surface area (Å²) in [5.41, 5.74) is 5.89. The van der Waals surface area contributed by atoms with Crippen LogP contribution in [0, 0.1) is 0 Å². The zero-order valence-corrected chi connectivity index (χ0v) is 15.8. The predicted molar refractivity (Wildman–Crippen MR) is 97.5 cm³/mol.